The molecule has 1 aliphatic heterocycles. The maximum atomic E-state index is 11.3. The van der Waals surface area contributed by atoms with E-state index >= 15 is 0 Å². The highest BCUT2D eigenvalue weighted by molar-refractivity contribution is 5.77. The predicted molar refractivity (Wildman–Crippen MR) is 72.9 cm³/mol. The molecular formula is C13H21N5O2. The monoisotopic (exact) mass is 279 g/mol. The molecule has 0 spiro atoms. The Morgan fingerprint density at radius 2 is 2.20 bits per heavy atom. The van der Waals surface area contributed by atoms with Crippen LogP contribution >= 0.6 is 0 Å². The molecule has 1 aliphatic carbocycles. The predicted octanol–water partition coefficient (Wildman–Crippen LogP) is 0.412. The molecule has 2 unspecified atom stereocenters. The number of nitrogens with zero attached hydrogens (tertiary/aromatic N) is 3. The lowest BCUT2D eigenvalue weighted by atomic mass is 9.93. The summed E-state index contributed by atoms with van der Waals surface area (Å²) in [5.41, 5.74) is 5.40. The van der Waals surface area contributed by atoms with Gasteiger partial charge >= 0.3 is 6.01 Å². The summed E-state index contributed by atoms with van der Waals surface area (Å²) < 4.78 is 5.69. The number of hydrogen-bond donors (Lipinski definition) is 2. The number of primary amides is 1. The van der Waals surface area contributed by atoms with Gasteiger partial charge in [0.15, 0.2) is 0 Å². The molecule has 1 aromatic heterocycles. The molecule has 2 atom stereocenters. The van der Waals surface area contributed by atoms with Crippen molar-refractivity contribution in [2.45, 2.75) is 51.2 Å². The highest BCUT2D eigenvalue weighted by atomic mass is 16.4. The van der Waals surface area contributed by atoms with Crippen LogP contribution in [-0.4, -0.2) is 34.7 Å². The average Bonchev–Trinajstić information content (AvgIpc) is 3.14. The molecule has 7 nitrogen and oxygen atoms in total. The van der Waals surface area contributed by atoms with E-state index in [0.29, 0.717) is 31.0 Å². The van der Waals surface area contributed by atoms with Gasteiger partial charge < -0.3 is 20.4 Å². The van der Waals surface area contributed by atoms with Crippen LogP contribution in [-0.2, 0) is 11.3 Å². The van der Waals surface area contributed by atoms with Crippen LogP contribution < -0.4 is 16.0 Å². The molecule has 20 heavy (non-hydrogen) atoms. The van der Waals surface area contributed by atoms with E-state index in [1.165, 1.54) is 12.8 Å². The van der Waals surface area contributed by atoms with Gasteiger partial charge in [-0.15, -0.1) is 5.10 Å². The smallest absolute Gasteiger partial charge is 0.318 e. The summed E-state index contributed by atoms with van der Waals surface area (Å²) in [4.78, 5) is 13.3. The number of nitrogens with one attached hydrogen (secondary N) is 1. The Morgan fingerprint density at radius 3 is 2.90 bits per heavy atom. The fourth-order valence-corrected chi connectivity index (χ4v) is 2.56. The summed E-state index contributed by atoms with van der Waals surface area (Å²) in [5, 5.41) is 11.5. The summed E-state index contributed by atoms with van der Waals surface area (Å²) >= 11 is 0. The number of piperidine rings is 1. The zero-order valence-electron chi connectivity index (χ0n) is 11.7. The van der Waals surface area contributed by atoms with Crippen molar-refractivity contribution in [2.75, 3.05) is 11.4 Å². The minimum atomic E-state index is -0.253. The average molecular weight is 279 g/mol. The Hall–Kier alpha value is -1.63. The van der Waals surface area contributed by atoms with E-state index in [4.69, 9.17) is 10.2 Å². The van der Waals surface area contributed by atoms with Gasteiger partial charge in [0, 0.05) is 18.6 Å². The van der Waals surface area contributed by atoms with E-state index in [2.05, 4.69) is 22.4 Å². The van der Waals surface area contributed by atoms with Crippen LogP contribution in [0.1, 0.15) is 38.5 Å². The number of anilines is 1. The van der Waals surface area contributed by atoms with Crippen molar-refractivity contribution in [1.29, 1.82) is 0 Å². The number of rotatable bonds is 5. The first-order chi connectivity index (χ1) is 9.63. The third-order valence-corrected chi connectivity index (χ3v) is 4.11. The highest BCUT2D eigenvalue weighted by Crippen LogP contribution is 2.27. The van der Waals surface area contributed by atoms with Gasteiger partial charge in [-0.05, 0) is 32.6 Å². The zero-order chi connectivity index (χ0) is 14.1. The molecule has 3 N–H and O–H groups in total. The van der Waals surface area contributed by atoms with E-state index in [9.17, 15) is 4.79 Å². The van der Waals surface area contributed by atoms with Gasteiger partial charge in [0.1, 0.15) is 0 Å². The zero-order valence-corrected chi connectivity index (χ0v) is 11.7. The third-order valence-electron chi connectivity index (χ3n) is 4.11. The Kier molecular flexibility index (Phi) is 3.60. The van der Waals surface area contributed by atoms with Crippen LogP contribution in [0.3, 0.4) is 0 Å². The summed E-state index contributed by atoms with van der Waals surface area (Å²) in [5.74, 6) is 0.212. The number of nitrogens with two attached hydrogens (primary N) is 1. The normalized spacial score (nSPS) is 26.8. The first-order valence-corrected chi connectivity index (χ1v) is 7.25. The fraction of sp³-hybridized carbons (Fsp3) is 0.769. The molecule has 1 saturated heterocycles. The van der Waals surface area contributed by atoms with Crippen molar-refractivity contribution in [3.05, 3.63) is 5.89 Å². The highest BCUT2D eigenvalue weighted by Gasteiger charge is 2.31. The van der Waals surface area contributed by atoms with Crippen LogP contribution in [0, 0.1) is 5.92 Å². The summed E-state index contributed by atoms with van der Waals surface area (Å²) in [6.07, 6.45) is 4.19. The van der Waals surface area contributed by atoms with E-state index in [1.54, 1.807) is 0 Å². The largest absolute Gasteiger partial charge is 0.407 e. The van der Waals surface area contributed by atoms with Crippen molar-refractivity contribution >= 4 is 11.9 Å². The number of hydrogen-bond acceptors (Lipinski definition) is 6. The number of carbonyl (C=O) groups is 1. The van der Waals surface area contributed by atoms with Crippen molar-refractivity contribution in [1.82, 2.24) is 15.5 Å². The van der Waals surface area contributed by atoms with Crippen LogP contribution in [0.2, 0.25) is 0 Å². The number of carbonyl (C=O) groups excluding carboxylic acids is 1. The lowest BCUT2D eigenvalue weighted by molar-refractivity contribution is -0.122. The Balaban J connectivity index is 1.65. The van der Waals surface area contributed by atoms with Crippen molar-refractivity contribution in [3.63, 3.8) is 0 Å². The van der Waals surface area contributed by atoms with Crippen LogP contribution in [0.4, 0.5) is 6.01 Å². The topological polar surface area (TPSA) is 97.3 Å². The summed E-state index contributed by atoms with van der Waals surface area (Å²) in [7, 11) is 0. The maximum absolute atomic E-state index is 11.3. The Morgan fingerprint density at radius 1 is 1.40 bits per heavy atom. The molecule has 0 aromatic carbocycles. The van der Waals surface area contributed by atoms with Gasteiger partial charge in [0.05, 0.1) is 12.5 Å². The van der Waals surface area contributed by atoms with Gasteiger partial charge in [0.25, 0.3) is 0 Å². The third kappa shape index (κ3) is 2.92. The van der Waals surface area contributed by atoms with Gasteiger partial charge in [-0.3, -0.25) is 4.79 Å². The number of aromatic nitrogens is 2. The van der Waals surface area contributed by atoms with E-state index in [-0.39, 0.29) is 17.9 Å². The lowest BCUT2D eigenvalue weighted by Crippen LogP contribution is -2.46. The second kappa shape index (κ2) is 5.40. The summed E-state index contributed by atoms with van der Waals surface area (Å²) in [6, 6.07) is 1.39. The molecule has 7 heteroatoms. The van der Waals surface area contributed by atoms with E-state index < -0.39 is 0 Å². The van der Waals surface area contributed by atoms with Crippen LogP contribution in [0.15, 0.2) is 4.42 Å². The second-order valence-corrected chi connectivity index (χ2v) is 5.81. The molecule has 1 saturated carbocycles. The Bertz CT molecular complexity index is 485. The number of amides is 1. The molecule has 0 bridgehead atoms. The minimum Gasteiger partial charge on any atom is -0.407 e. The molecule has 1 amide bonds. The molecule has 110 valence electrons. The van der Waals surface area contributed by atoms with Crippen molar-refractivity contribution in [2.24, 2.45) is 11.7 Å². The van der Waals surface area contributed by atoms with Gasteiger partial charge in [-0.25, -0.2) is 0 Å². The minimum absolute atomic E-state index is 0.133. The Labute approximate surface area is 117 Å². The molecule has 0 radical (unpaired) electrons. The van der Waals surface area contributed by atoms with Gasteiger partial charge in [-0.1, -0.05) is 5.10 Å². The fourth-order valence-electron chi connectivity index (χ4n) is 2.56. The van der Waals surface area contributed by atoms with E-state index in [0.717, 1.165) is 12.8 Å². The van der Waals surface area contributed by atoms with Gasteiger partial charge in [0.2, 0.25) is 11.8 Å². The van der Waals surface area contributed by atoms with Crippen molar-refractivity contribution in [3.8, 4) is 0 Å². The van der Waals surface area contributed by atoms with Crippen molar-refractivity contribution < 1.29 is 9.21 Å². The SMILES string of the molecule is CC1CCC(C(N)=O)CN1c1nnc(CNC2CC2)o1. The second-order valence-electron chi connectivity index (χ2n) is 5.81. The quantitative estimate of drug-likeness (QED) is 0.810. The molecule has 3 rings (SSSR count). The molecular weight excluding hydrogens is 258 g/mol. The van der Waals surface area contributed by atoms with Crippen LogP contribution in [0.25, 0.3) is 0 Å². The molecule has 2 heterocycles. The molecule has 1 aromatic rings. The van der Waals surface area contributed by atoms with Crippen LogP contribution in [0.5, 0.6) is 0 Å². The van der Waals surface area contributed by atoms with Gasteiger partial charge in [-0.2, -0.15) is 0 Å². The maximum Gasteiger partial charge on any atom is 0.318 e. The lowest BCUT2D eigenvalue weighted by Gasteiger charge is -2.35. The molecule has 2 aliphatic rings. The van der Waals surface area contributed by atoms with E-state index in [1.807, 2.05) is 4.90 Å². The first-order valence-electron chi connectivity index (χ1n) is 7.25. The summed E-state index contributed by atoms with van der Waals surface area (Å²) in [6.45, 7) is 3.27. The first kappa shape index (κ1) is 13.4. The standard InChI is InChI=1S/C13H21N5O2/c1-8-2-3-9(12(14)19)7-18(8)13-17-16-11(20-13)6-15-10-4-5-10/h8-10,15H,2-7H2,1H3,(H2,14,19). The molecule has 2 fully saturated rings.